The van der Waals surface area contributed by atoms with Crippen LogP contribution in [-0.4, -0.2) is 30.4 Å². The molecule has 0 heterocycles. The van der Waals surface area contributed by atoms with Gasteiger partial charge in [-0.05, 0) is 69.0 Å². The summed E-state index contributed by atoms with van der Waals surface area (Å²) in [7, 11) is 0. The third kappa shape index (κ3) is 9.70. The van der Waals surface area contributed by atoms with E-state index in [9.17, 15) is 9.59 Å². The Bertz CT molecular complexity index is 986. The molecule has 34 heavy (non-hydrogen) atoms. The maximum Gasteiger partial charge on any atom is 0.224 e. The summed E-state index contributed by atoms with van der Waals surface area (Å²) >= 11 is 0. The van der Waals surface area contributed by atoms with Crippen LogP contribution < -0.4 is 16.0 Å². The van der Waals surface area contributed by atoms with Gasteiger partial charge in [0.05, 0.1) is 12.0 Å². The standard InChI is InChI=1S/C29H38N3O2/c1-22(2)19-20-32(21-29(4,5)31-27(33)18-11-23(3)28(30)34)26-16-14-25(15-17-26)13-12-24-9-7-6-8-10-24/h6-10,14-18,22-23H,11,19-21H2,1-5H3,(H2,30,34)(H,31,33). The predicted molar refractivity (Wildman–Crippen MR) is 140 cm³/mol. The first-order chi connectivity index (χ1) is 16.1. The van der Waals surface area contributed by atoms with Crippen molar-refractivity contribution in [1.82, 2.24) is 5.32 Å². The van der Waals surface area contributed by atoms with Crippen LogP contribution in [0.1, 0.15) is 58.6 Å². The van der Waals surface area contributed by atoms with E-state index in [-0.39, 0.29) is 11.8 Å². The molecule has 3 N–H and O–H groups in total. The van der Waals surface area contributed by atoms with Crippen molar-refractivity contribution in [2.75, 3.05) is 18.0 Å². The average molecular weight is 461 g/mol. The summed E-state index contributed by atoms with van der Waals surface area (Å²) in [5.74, 6) is 6.03. The molecule has 0 spiro atoms. The number of nitrogens with zero attached hydrogens (tertiary/aromatic N) is 1. The van der Waals surface area contributed by atoms with Gasteiger partial charge in [-0.3, -0.25) is 9.59 Å². The lowest BCUT2D eigenvalue weighted by molar-refractivity contribution is -0.121. The van der Waals surface area contributed by atoms with E-state index in [1.54, 1.807) is 6.92 Å². The molecular formula is C29H38N3O2. The Hall–Kier alpha value is -3.26. The van der Waals surface area contributed by atoms with E-state index in [1.807, 2.05) is 56.3 Å². The molecule has 0 aliphatic carbocycles. The molecule has 0 aliphatic rings. The Morgan fingerprint density at radius 3 is 2.15 bits per heavy atom. The third-order valence-corrected chi connectivity index (χ3v) is 5.52. The topological polar surface area (TPSA) is 75.4 Å². The average Bonchev–Trinajstić information content (AvgIpc) is 2.79. The summed E-state index contributed by atoms with van der Waals surface area (Å²) in [6.45, 7) is 11.7. The highest BCUT2D eigenvalue weighted by molar-refractivity contribution is 5.86. The fourth-order valence-electron chi connectivity index (χ4n) is 3.44. The van der Waals surface area contributed by atoms with E-state index in [2.05, 4.69) is 48.0 Å². The van der Waals surface area contributed by atoms with Crippen LogP contribution in [0.15, 0.2) is 54.6 Å². The monoisotopic (exact) mass is 460 g/mol. The lowest BCUT2D eigenvalue weighted by atomic mass is 10.0. The van der Waals surface area contributed by atoms with Crippen LogP contribution in [0.3, 0.4) is 0 Å². The van der Waals surface area contributed by atoms with Gasteiger partial charge in [0.1, 0.15) is 0 Å². The van der Waals surface area contributed by atoms with Gasteiger partial charge in [0, 0.05) is 35.8 Å². The van der Waals surface area contributed by atoms with Crippen molar-refractivity contribution < 1.29 is 9.59 Å². The van der Waals surface area contributed by atoms with E-state index < -0.39 is 11.4 Å². The number of anilines is 1. The maximum atomic E-state index is 12.5. The number of hydrogen-bond donors (Lipinski definition) is 2. The van der Waals surface area contributed by atoms with Gasteiger partial charge in [0.2, 0.25) is 11.8 Å². The summed E-state index contributed by atoms with van der Waals surface area (Å²) in [6.07, 6.45) is 2.89. The highest BCUT2D eigenvalue weighted by atomic mass is 16.2. The molecule has 0 fully saturated rings. The smallest absolute Gasteiger partial charge is 0.224 e. The van der Waals surface area contributed by atoms with Crippen molar-refractivity contribution in [3.8, 4) is 11.8 Å². The van der Waals surface area contributed by atoms with Gasteiger partial charge in [-0.25, -0.2) is 0 Å². The molecule has 0 aromatic heterocycles. The maximum absolute atomic E-state index is 12.5. The predicted octanol–water partition coefficient (Wildman–Crippen LogP) is 4.55. The number of carbonyl (C=O) groups excluding carboxylic acids is 2. The summed E-state index contributed by atoms with van der Waals surface area (Å²) in [5.41, 5.74) is 7.87. The van der Waals surface area contributed by atoms with Crippen LogP contribution in [0.4, 0.5) is 5.69 Å². The van der Waals surface area contributed by atoms with Crippen LogP contribution >= 0.6 is 0 Å². The van der Waals surface area contributed by atoms with Crippen molar-refractivity contribution in [3.05, 3.63) is 72.1 Å². The quantitative estimate of drug-likeness (QED) is 0.483. The normalized spacial score (nSPS) is 11.9. The molecule has 5 nitrogen and oxygen atoms in total. The number of hydrogen-bond acceptors (Lipinski definition) is 3. The first kappa shape index (κ1) is 27.0. The van der Waals surface area contributed by atoms with Crippen LogP contribution in [0.5, 0.6) is 0 Å². The van der Waals surface area contributed by atoms with Crippen LogP contribution in [-0.2, 0) is 9.59 Å². The molecule has 0 bridgehead atoms. The van der Waals surface area contributed by atoms with Gasteiger partial charge in [-0.1, -0.05) is 50.8 Å². The van der Waals surface area contributed by atoms with E-state index in [0.29, 0.717) is 18.9 Å². The van der Waals surface area contributed by atoms with Crippen molar-refractivity contribution in [3.63, 3.8) is 0 Å². The zero-order valence-electron chi connectivity index (χ0n) is 21.1. The second-order valence-corrected chi connectivity index (χ2v) is 9.88. The Kier molecular flexibility index (Phi) is 10.2. The molecule has 2 rings (SSSR count). The molecule has 1 unspecified atom stereocenters. The molecular weight excluding hydrogens is 422 g/mol. The second-order valence-electron chi connectivity index (χ2n) is 9.88. The first-order valence-corrected chi connectivity index (χ1v) is 11.9. The SMILES string of the molecule is CC(C)CCN(CC(C)(C)NC(=O)[CH]CC(C)C(N)=O)c1ccc(C#Cc2ccccc2)cc1. The zero-order chi connectivity index (χ0) is 25.1. The second kappa shape index (κ2) is 12.8. The zero-order valence-corrected chi connectivity index (χ0v) is 21.1. The van der Waals surface area contributed by atoms with Crippen LogP contribution in [0, 0.1) is 30.1 Å². The molecule has 1 radical (unpaired) electrons. The number of rotatable bonds is 11. The fourth-order valence-corrected chi connectivity index (χ4v) is 3.44. The van der Waals surface area contributed by atoms with Gasteiger partial charge < -0.3 is 16.0 Å². The van der Waals surface area contributed by atoms with Gasteiger partial charge in [-0.15, -0.1) is 0 Å². The number of nitrogens with one attached hydrogen (secondary N) is 1. The number of nitrogens with two attached hydrogens (primary N) is 1. The van der Waals surface area contributed by atoms with Gasteiger partial charge >= 0.3 is 0 Å². The number of carbonyl (C=O) groups is 2. The summed E-state index contributed by atoms with van der Waals surface area (Å²) in [6, 6.07) is 18.2. The largest absolute Gasteiger partial charge is 0.369 e. The Balaban J connectivity index is 2.08. The van der Waals surface area contributed by atoms with E-state index in [0.717, 1.165) is 29.8 Å². The molecule has 5 heteroatoms. The van der Waals surface area contributed by atoms with Gasteiger partial charge in [-0.2, -0.15) is 0 Å². The van der Waals surface area contributed by atoms with E-state index in [4.69, 9.17) is 5.73 Å². The van der Waals surface area contributed by atoms with E-state index in [1.165, 1.54) is 6.42 Å². The Morgan fingerprint density at radius 2 is 1.59 bits per heavy atom. The van der Waals surface area contributed by atoms with Gasteiger partial charge in [0.15, 0.2) is 0 Å². The minimum absolute atomic E-state index is 0.187. The van der Waals surface area contributed by atoms with Crippen LogP contribution in [0.25, 0.3) is 0 Å². The fraction of sp³-hybridized carbons (Fsp3) is 0.414. The van der Waals surface area contributed by atoms with Crippen LogP contribution in [0.2, 0.25) is 0 Å². The minimum atomic E-state index is -0.466. The van der Waals surface area contributed by atoms with E-state index >= 15 is 0 Å². The third-order valence-electron chi connectivity index (χ3n) is 5.52. The molecule has 0 saturated carbocycles. The molecule has 0 aliphatic heterocycles. The number of amides is 2. The molecule has 2 aromatic carbocycles. The molecule has 0 saturated heterocycles. The Morgan fingerprint density at radius 1 is 1.00 bits per heavy atom. The summed E-state index contributed by atoms with van der Waals surface area (Å²) in [4.78, 5) is 26.0. The lowest BCUT2D eigenvalue weighted by Gasteiger charge is -2.35. The highest BCUT2D eigenvalue weighted by Crippen LogP contribution is 2.20. The van der Waals surface area contributed by atoms with Gasteiger partial charge in [0.25, 0.3) is 0 Å². The van der Waals surface area contributed by atoms with Crippen molar-refractivity contribution >= 4 is 17.5 Å². The molecule has 2 aromatic rings. The number of benzene rings is 2. The van der Waals surface area contributed by atoms with Crippen molar-refractivity contribution in [2.45, 2.75) is 53.0 Å². The lowest BCUT2D eigenvalue weighted by Crippen LogP contribution is -2.52. The summed E-state index contributed by atoms with van der Waals surface area (Å²) < 4.78 is 0. The summed E-state index contributed by atoms with van der Waals surface area (Å²) in [5, 5.41) is 3.08. The molecule has 2 amide bonds. The Labute approximate surface area is 205 Å². The first-order valence-electron chi connectivity index (χ1n) is 11.9. The molecule has 1 atom stereocenters. The van der Waals surface area contributed by atoms with Crippen molar-refractivity contribution in [1.29, 1.82) is 0 Å². The minimum Gasteiger partial charge on any atom is -0.369 e. The molecule has 181 valence electrons. The van der Waals surface area contributed by atoms with Crippen molar-refractivity contribution in [2.24, 2.45) is 17.6 Å². The highest BCUT2D eigenvalue weighted by Gasteiger charge is 2.25. The number of primary amides is 1.